The summed E-state index contributed by atoms with van der Waals surface area (Å²) in [4.78, 5) is 14.7. The first-order valence-corrected chi connectivity index (χ1v) is 5.89. The van der Waals surface area contributed by atoms with Gasteiger partial charge in [0.2, 0.25) is 0 Å². The summed E-state index contributed by atoms with van der Waals surface area (Å²) >= 11 is 5.81. The van der Waals surface area contributed by atoms with Crippen molar-refractivity contribution < 1.29 is 9.18 Å². The molecule has 1 N–H and O–H groups in total. The molecule has 0 heterocycles. The fourth-order valence-corrected chi connectivity index (χ4v) is 1.76. The number of nitrogens with one attached hydrogen (secondary N) is 1. The molecule has 100 valence electrons. The molecule has 5 nitrogen and oxygen atoms in total. The van der Waals surface area contributed by atoms with Crippen molar-refractivity contribution >= 4 is 28.9 Å². The third-order valence-electron chi connectivity index (χ3n) is 2.44. The van der Waals surface area contributed by atoms with Crippen molar-refractivity contribution in [2.24, 2.45) is 5.11 Å². The lowest BCUT2D eigenvalue weighted by molar-refractivity contribution is 0.102. The number of hydrogen-bond acceptors (Lipinski definition) is 2. The van der Waals surface area contributed by atoms with Crippen molar-refractivity contribution in [3.63, 3.8) is 0 Å². The molecule has 0 radical (unpaired) electrons. The fourth-order valence-electron chi connectivity index (χ4n) is 1.59. The van der Waals surface area contributed by atoms with Gasteiger partial charge >= 0.3 is 0 Å². The van der Waals surface area contributed by atoms with E-state index in [9.17, 15) is 9.18 Å². The Bertz CT molecular complexity index is 713. The lowest BCUT2D eigenvalue weighted by Crippen LogP contribution is -2.12. The first-order valence-electron chi connectivity index (χ1n) is 5.52. The second-order valence-electron chi connectivity index (χ2n) is 3.82. The van der Waals surface area contributed by atoms with Crippen LogP contribution >= 0.6 is 11.6 Å². The van der Waals surface area contributed by atoms with Crippen LogP contribution in [0.2, 0.25) is 5.02 Å². The molecule has 0 spiro atoms. The van der Waals surface area contributed by atoms with Crippen LogP contribution in [0, 0.1) is 5.82 Å². The largest absolute Gasteiger partial charge is 0.322 e. The summed E-state index contributed by atoms with van der Waals surface area (Å²) in [6, 6.07) is 9.76. The lowest BCUT2D eigenvalue weighted by Gasteiger charge is -2.08. The van der Waals surface area contributed by atoms with Crippen LogP contribution in [0.25, 0.3) is 10.4 Å². The number of carbonyl (C=O) groups excluding carboxylic acids is 1. The van der Waals surface area contributed by atoms with E-state index in [1.54, 1.807) is 6.07 Å². The molecule has 2 aromatic carbocycles. The second kappa shape index (κ2) is 6.06. The van der Waals surface area contributed by atoms with Crippen LogP contribution in [-0.4, -0.2) is 5.91 Å². The monoisotopic (exact) mass is 290 g/mol. The van der Waals surface area contributed by atoms with Gasteiger partial charge in [0.05, 0.1) is 11.3 Å². The summed E-state index contributed by atoms with van der Waals surface area (Å²) in [6.07, 6.45) is 0. The predicted molar refractivity (Wildman–Crippen MR) is 74.6 cm³/mol. The highest BCUT2D eigenvalue weighted by Crippen LogP contribution is 2.24. The number of azide groups is 1. The van der Waals surface area contributed by atoms with E-state index in [1.807, 2.05) is 0 Å². The first kappa shape index (κ1) is 13.9. The van der Waals surface area contributed by atoms with Crippen LogP contribution in [0.5, 0.6) is 0 Å². The van der Waals surface area contributed by atoms with Gasteiger partial charge in [0, 0.05) is 15.6 Å². The molecular formula is C13H8ClFN4O. The highest BCUT2D eigenvalue weighted by atomic mass is 35.5. The van der Waals surface area contributed by atoms with E-state index in [1.165, 1.54) is 36.4 Å². The van der Waals surface area contributed by atoms with Gasteiger partial charge < -0.3 is 5.32 Å². The molecule has 0 saturated carbocycles. The number of anilines is 1. The molecule has 0 bridgehead atoms. The highest BCUT2D eigenvalue weighted by Gasteiger charge is 2.12. The summed E-state index contributed by atoms with van der Waals surface area (Å²) in [6.45, 7) is 0. The smallest absolute Gasteiger partial charge is 0.256 e. The van der Waals surface area contributed by atoms with E-state index in [-0.39, 0.29) is 11.3 Å². The van der Waals surface area contributed by atoms with Gasteiger partial charge in [-0.2, -0.15) is 0 Å². The second-order valence-corrected chi connectivity index (χ2v) is 4.25. The van der Waals surface area contributed by atoms with Gasteiger partial charge in [-0.15, -0.1) is 0 Å². The minimum absolute atomic E-state index is 0.111. The molecule has 0 saturated heterocycles. The van der Waals surface area contributed by atoms with Gasteiger partial charge in [0.25, 0.3) is 5.91 Å². The molecule has 20 heavy (non-hydrogen) atoms. The van der Waals surface area contributed by atoms with Crippen LogP contribution in [-0.2, 0) is 0 Å². The summed E-state index contributed by atoms with van der Waals surface area (Å²) in [5, 5.41) is 6.24. The lowest BCUT2D eigenvalue weighted by atomic mass is 10.1. The topological polar surface area (TPSA) is 77.9 Å². The molecule has 0 aromatic heterocycles. The highest BCUT2D eigenvalue weighted by molar-refractivity contribution is 6.31. The number of carbonyl (C=O) groups is 1. The quantitative estimate of drug-likeness (QED) is 0.497. The molecule has 0 aliphatic carbocycles. The Morgan fingerprint density at radius 3 is 2.80 bits per heavy atom. The van der Waals surface area contributed by atoms with Crippen molar-refractivity contribution in [2.45, 2.75) is 0 Å². The average Bonchev–Trinajstić information content (AvgIpc) is 2.41. The third kappa shape index (κ3) is 3.26. The molecule has 2 aromatic rings. The Labute approximate surface area is 118 Å². The van der Waals surface area contributed by atoms with E-state index >= 15 is 0 Å². The molecule has 0 aliphatic rings. The number of hydrogen-bond donors (Lipinski definition) is 1. The van der Waals surface area contributed by atoms with Crippen LogP contribution < -0.4 is 5.32 Å². The Hall–Kier alpha value is -2.56. The normalized spacial score (nSPS) is 9.70. The zero-order valence-corrected chi connectivity index (χ0v) is 10.8. The molecule has 7 heteroatoms. The van der Waals surface area contributed by atoms with E-state index in [4.69, 9.17) is 17.1 Å². The van der Waals surface area contributed by atoms with Gasteiger partial charge in [-0.05, 0) is 35.9 Å². The molecule has 1 amide bonds. The first-order chi connectivity index (χ1) is 9.60. The number of rotatable bonds is 3. The summed E-state index contributed by atoms with van der Waals surface area (Å²) < 4.78 is 13.0. The molecule has 0 fully saturated rings. The van der Waals surface area contributed by atoms with Gasteiger partial charge in [-0.1, -0.05) is 28.8 Å². The molecule has 0 atom stereocenters. The molecule has 0 aliphatic heterocycles. The maximum Gasteiger partial charge on any atom is 0.256 e. The van der Waals surface area contributed by atoms with E-state index in [2.05, 4.69) is 15.3 Å². The SMILES string of the molecule is [N-]=[N+]=Nc1ccc(Cl)cc1C(=O)Nc1cccc(F)c1. The molecular weight excluding hydrogens is 283 g/mol. The van der Waals surface area contributed by atoms with Crippen LogP contribution in [0.15, 0.2) is 47.6 Å². The van der Waals surface area contributed by atoms with Crippen LogP contribution in [0.1, 0.15) is 10.4 Å². The standard InChI is InChI=1S/C13H8ClFN4O/c14-8-4-5-12(18-19-16)11(6-8)13(20)17-10-3-1-2-9(15)7-10/h1-7H,(H,17,20). The van der Waals surface area contributed by atoms with Gasteiger partial charge in [0.1, 0.15) is 5.82 Å². The van der Waals surface area contributed by atoms with E-state index < -0.39 is 11.7 Å². The van der Waals surface area contributed by atoms with Crippen LogP contribution in [0.3, 0.4) is 0 Å². The minimum Gasteiger partial charge on any atom is -0.322 e. The number of halogens is 2. The Balaban J connectivity index is 2.33. The number of benzene rings is 2. The molecule has 0 unspecified atom stereocenters. The minimum atomic E-state index is -0.541. The van der Waals surface area contributed by atoms with Crippen LogP contribution in [0.4, 0.5) is 15.8 Å². The number of amides is 1. The molecule has 2 rings (SSSR count). The zero-order valence-electron chi connectivity index (χ0n) is 10.0. The maximum absolute atomic E-state index is 13.0. The predicted octanol–water partition coefficient (Wildman–Crippen LogP) is 4.67. The van der Waals surface area contributed by atoms with Crippen molar-refractivity contribution in [1.29, 1.82) is 0 Å². The Kier molecular flexibility index (Phi) is 4.20. The van der Waals surface area contributed by atoms with Gasteiger partial charge in [-0.25, -0.2) is 4.39 Å². The Morgan fingerprint density at radius 2 is 2.10 bits per heavy atom. The van der Waals surface area contributed by atoms with Gasteiger partial charge in [-0.3, -0.25) is 4.79 Å². The van der Waals surface area contributed by atoms with Crippen molar-refractivity contribution in [3.05, 3.63) is 69.3 Å². The zero-order chi connectivity index (χ0) is 14.5. The van der Waals surface area contributed by atoms with Crippen molar-refractivity contribution in [3.8, 4) is 0 Å². The van der Waals surface area contributed by atoms with Gasteiger partial charge in [0.15, 0.2) is 0 Å². The maximum atomic E-state index is 13.0. The third-order valence-corrected chi connectivity index (χ3v) is 2.67. The van der Waals surface area contributed by atoms with Crippen molar-refractivity contribution in [2.75, 3.05) is 5.32 Å². The summed E-state index contributed by atoms with van der Waals surface area (Å²) in [7, 11) is 0. The fraction of sp³-hybridized carbons (Fsp3) is 0. The number of nitrogens with zero attached hydrogens (tertiary/aromatic N) is 3. The van der Waals surface area contributed by atoms with Crippen molar-refractivity contribution in [1.82, 2.24) is 0 Å². The summed E-state index contributed by atoms with van der Waals surface area (Å²) in [5.74, 6) is -1.01. The average molecular weight is 291 g/mol. The Morgan fingerprint density at radius 1 is 1.30 bits per heavy atom. The van der Waals surface area contributed by atoms with E-state index in [0.29, 0.717) is 10.7 Å². The summed E-state index contributed by atoms with van der Waals surface area (Å²) in [5.41, 5.74) is 9.01. The van der Waals surface area contributed by atoms with E-state index in [0.717, 1.165) is 0 Å².